The maximum absolute atomic E-state index is 11.3. The van der Waals surface area contributed by atoms with Crippen molar-refractivity contribution in [2.24, 2.45) is 0 Å². The Hall–Kier alpha value is 0.0700. The minimum absolute atomic E-state index is 0. The van der Waals surface area contributed by atoms with Crippen LogP contribution >= 0.6 is 24.2 Å². The third-order valence-electron chi connectivity index (χ3n) is 2.19. The number of halogens is 1. The first-order valence-corrected chi connectivity index (χ1v) is 6.00. The minimum atomic E-state index is 0. The fraction of sp³-hybridized carbons (Fsp3) is 0.889. The Morgan fingerprint density at radius 3 is 2.64 bits per heavy atom. The quantitative estimate of drug-likeness (QED) is 0.769. The van der Waals surface area contributed by atoms with E-state index in [1.54, 1.807) is 0 Å². The average Bonchev–Trinajstić information content (AvgIpc) is 2.16. The summed E-state index contributed by atoms with van der Waals surface area (Å²) in [5.74, 6) is 2.57. The second kappa shape index (κ2) is 8.38. The zero-order valence-corrected chi connectivity index (χ0v) is 10.2. The fourth-order valence-electron chi connectivity index (χ4n) is 1.38. The van der Waals surface area contributed by atoms with Crippen LogP contribution in [-0.4, -0.2) is 37.0 Å². The van der Waals surface area contributed by atoms with E-state index >= 15 is 0 Å². The summed E-state index contributed by atoms with van der Waals surface area (Å²) < 4.78 is 0. The van der Waals surface area contributed by atoms with Crippen LogP contribution in [0.2, 0.25) is 0 Å². The first kappa shape index (κ1) is 14.1. The topological polar surface area (TPSA) is 41.1 Å². The molecule has 0 aromatic carbocycles. The lowest BCUT2D eigenvalue weighted by Crippen LogP contribution is -2.38. The zero-order valence-electron chi connectivity index (χ0n) is 8.54. The predicted molar refractivity (Wildman–Crippen MR) is 64.3 cm³/mol. The van der Waals surface area contributed by atoms with Crippen LogP contribution < -0.4 is 10.6 Å². The van der Waals surface area contributed by atoms with Crippen LogP contribution in [0.15, 0.2) is 0 Å². The van der Waals surface area contributed by atoms with Crippen LogP contribution in [-0.2, 0) is 4.79 Å². The van der Waals surface area contributed by atoms with Gasteiger partial charge in [0.05, 0.1) is 0 Å². The van der Waals surface area contributed by atoms with Crippen molar-refractivity contribution in [3.8, 4) is 0 Å². The number of rotatable bonds is 4. The Morgan fingerprint density at radius 2 is 2.07 bits per heavy atom. The van der Waals surface area contributed by atoms with Gasteiger partial charge in [-0.15, -0.1) is 12.4 Å². The SMILES string of the molecule is CNCCC(=O)NC1CCSCC1.Cl. The molecule has 14 heavy (non-hydrogen) atoms. The number of hydrogen-bond acceptors (Lipinski definition) is 3. The summed E-state index contributed by atoms with van der Waals surface area (Å²) in [5, 5.41) is 6.03. The Morgan fingerprint density at radius 1 is 1.43 bits per heavy atom. The van der Waals surface area contributed by atoms with Crippen molar-refractivity contribution in [3.63, 3.8) is 0 Å². The molecular weight excluding hydrogens is 220 g/mol. The van der Waals surface area contributed by atoms with Gasteiger partial charge in [-0.1, -0.05) is 0 Å². The Balaban J connectivity index is 0.00000169. The summed E-state index contributed by atoms with van der Waals surface area (Å²) in [7, 11) is 1.87. The molecular formula is C9H19ClN2OS. The Bertz CT molecular complexity index is 163. The summed E-state index contributed by atoms with van der Waals surface area (Å²) in [4.78, 5) is 11.3. The summed E-state index contributed by atoms with van der Waals surface area (Å²) in [6.07, 6.45) is 2.87. The van der Waals surface area contributed by atoms with Gasteiger partial charge in [-0.25, -0.2) is 0 Å². The van der Waals surface area contributed by atoms with Gasteiger partial charge in [0, 0.05) is 19.0 Å². The van der Waals surface area contributed by atoms with E-state index in [1.807, 2.05) is 18.8 Å². The summed E-state index contributed by atoms with van der Waals surface area (Å²) in [6.45, 7) is 0.771. The average molecular weight is 239 g/mol. The van der Waals surface area contributed by atoms with E-state index < -0.39 is 0 Å². The number of carbonyl (C=O) groups is 1. The molecule has 5 heteroatoms. The monoisotopic (exact) mass is 238 g/mol. The lowest BCUT2D eigenvalue weighted by molar-refractivity contribution is -0.121. The lowest BCUT2D eigenvalue weighted by Gasteiger charge is -2.22. The first-order valence-electron chi connectivity index (χ1n) is 4.84. The molecule has 1 rings (SSSR count). The highest BCUT2D eigenvalue weighted by Gasteiger charge is 2.15. The predicted octanol–water partition coefficient (Wildman–Crippen LogP) is 1.03. The molecule has 1 amide bonds. The number of thioether (sulfide) groups is 1. The molecule has 2 N–H and O–H groups in total. The van der Waals surface area contributed by atoms with Gasteiger partial charge in [0.25, 0.3) is 0 Å². The molecule has 0 aromatic heterocycles. The molecule has 0 atom stereocenters. The highest BCUT2D eigenvalue weighted by Crippen LogP contribution is 2.16. The van der Waals surface area contributed by atoms with Gasteiger partial charge in [0.1, 0.15) is 0 Å². The van der Waals surface area contributed by atoms with Gasteiger partial charge in [-0.05, 0) is 31.4 Å². The van der Waals surface area contributed by atoms with Crippen LogP contribution in [0.5, 0.6) is 0 Å². The van der Waals surface area contributed by atoms with Crippen molar-refractivity contribution in [2.45, 2.75) is 25.3 Å². The molecule has 1 heterocycles. The van der Waals surface area contributed by atoms with Crippen LogP contribution in [0.25, 0.3) is 0 Å². The van der Waals surface area contributed by atoms with Crippen LogP contribution in [0, 0.1) is 0 Å². The second-order valence-electron chi connectivity index (χ2n) is 3.31. The molecule has 3 nitrogen and oxygen atoms in total. The second-order valence-corrected chi connectivity index (χ2v) is 4.53. The molecule has 0 aromatic rings. The number of carbonyl (C=O) groups excluding carboxylic acids is 1. The number of hydrogen-bond donors (Lipinski definition) is 2. The lowest BCUT2D eigenvalue weighted by atomic mass is 10.1. The van der Waals surface area contributed by atoms with Gasteiger partial charge >= 0.3 is 0 Å². The van der Waals surface area contributed by atoms with Gasteiger partial charge < -0.3 is 10.6 Å². The van der Waals surface area contributed by atoms with Crippen molar-refractivity contribution < 1.29 is 4.79 Å². The molecule has 0 aliphatic carbocycles. The van der Waals surface area contributed by atoms with E-state index in [0.29, 0.717) is 12.5 Å². The Kier molecular flexibility index (Phi) is 8.43. The molecule has 0 saturated carbocycles. The molecule has 0 spiro atoms. The molecule has 84 valence electrons. The molecule has 1 aliphatic heterocycles. The maximum Gasteiger partial charge on any atom is 0.221 e. The fourth-order valence-corrected chi connectivity index (χ4v) is 2.49. The van der Waals surface area contributed by atoms with Crippen molar-refractivity contribution in [2.75, 3.05) is 25.1 Å². The number of amides is 1. The molecule has 0 bridgehead atoms. The highest BCUT2D eigenvalue weighted by molar-refractivity contribution is 7.99. The summed E-state index contributed by atoms with van der Waals surface area (Å²) in [6, 6.07) is 0.436. The van der Waals surface area contributed by atoms with Gasteiger partial charge in [-0.2, -0.15) is 11.8 Å². The van der Waals surface area contributed by atoms with Crippen LogP contribution in [0.4, 0.5) is 0 Å². The van der Waals surface area contributed by atoms with Gasteiger partial charge in [0.15, 0.2) is 0 Å². The van der Waals surface area contributed by atoms with Crippen molar-refractivity contribution in [1.29, 1.82) is 0 Å². The Labute approximate surface area is 96.2 Å². The third-order valence-corrected chi connectivity index (χ3v) is 3.24. The van der Waals surface area contributed by atoms with Gasteiger partial charge in [0.2, 0.25) is 5.91 Å². The number of nitrogens with one attached hydrogen (secondary N) is 2. The van der Waals surface area contributed by atoms with E-state index in [1.165, 1.54) is 11.5 Å². The largest absolute Gasteiger partial charge is 0.353 e. The minimum Gasteiger partial charge on any atom is -0.353 e. The summed E-state index contributed by atoms with van der Waals surface area (Å²) >= 11 is 1.98. The maximum atomic E-state index is 11.3. The van der Waals surface area contributed by atoms with Crippen LogP contribution in [0.1, 0.15) is 19.3 Å². The molecule has 0 unspecified atom stereocenters. The van der Waals surface area contributed by atoms with Gasteiger partial charge in [-0.3, -0.25) is 4.79 Å². The van der Waals surface area contributed by atoms with Crippen LogP contribution in [0.3, 0.4) is 0 Å². The van der Waals surface area contributed by atoms with E-state index in [-0.39, 0.29) is 18.3 Å². The standard InChI is InChI=1S/C9H18N2OS.ClH/c1-10-5-2-9(12)11-8-3-6-13-7-4-8;/h8,10H,2-7H2,1H3,(H,11,12);1H. The van der Waals surface area contributed by atoms with E-state index in [2.05, 4.69) is 10.6 Å². The van der Waals surface area contributed by atoms with E-state index in [9.17, 15) is 4.79 Å². The molecule has 1 aliphatic rings. The molecule has 1 saturated heterocycles. The highest BCUT2D eigenvalue weighted by atomic mass is 35.5. The third kappa shape index (κ3) is 5.73. The molecule has 0 radical (unpaired) electrons. The summed E-state index contributed by atoms with van der Waals surface area (Å²) in [5.41, 5.74) is 0. The zero-order chi connectivity index (χ0) is 9.52. The first-order chi connectivity index (χ1) is 6.33. The van der Waals surface area contributed by atoms with Crippen molar-refractivity contribution in [1.82, 2.24) is 10.6 Å². The van der Waals surface area contributed by atoms with E-state index in [4.69, 9.17) is 0 Å². The van der Waals surface area contributed by atoms with E-state index in [0.717, 1.165) is 19.4 Å². The normalized spacial score (nSPS) is 17.2. The smallest absolute Gasteiger partial charge is 0.221 e. The molecule has 1 fully saturated rings. The van der Waals surface area contributed by atoms with Crippen molar-refractivity contribution >= 4 is 30.1 Å². The van der Waals surface area contributed by atoms with Crippen molar-refractivity contribution in [3.05, 3.63) is 0 Å².